The first-order valence-electron chi connectivity index (χ1n) is 7.79. The summed E-state index contributed by atoms with van der Waals surface area (Å²) in [6, 6.07) is 1.21. The molecule has 0 radical (unpaired) electrons. The highest BCUT2D eigenvalue weighted by atomic mass is 32.1. The van der Waals surface area contributed by atoms with Crippen LogP contribution < -0.4 is 20.5 Å². The van der Waals surface area contributed by atoms with Gasteiger partial charge in [0.25, 0.3) is 11.8 Å². The first kappa shape index (κ1) is 17.4. The second-order valence-corrected chi connectivity index (χ2v) is 6.67. The molecule has 0 saturated carbocycles. The molecule has 2 aromatic rings. The van der Waals surface area contributed by atoms with Gasteiger partial charge in [-0.25, -0.2) is 9.37 Å². The molecule has 2 amide bonds. The number of nitrogens with two attached hydrogens (primary N) is 1. The third-order valence-electron chi connectivity index (χ3n) is 4.30. The van der Waals surface area contributed by atoms with Gasteiger partial charge in [0.2, 0.25) is 5.88 Å². The normalized spacial score (nSPS) is 22.8. The smallest absolute Gasteiger partial charge is 0.255 e. The van der Waals surface area contributed by atoms with Gasteiger partial charge in [0.05, 0.1) is 17.9 Å². The first-order chi connectivity index (χ1) is 12.0. The van der Waals surface area contributed by atoms with Crippen LogP contribution in [0, 0.1) is 5.92 Å². The number of rotatable bonds is 6. The summed E-state index contributed by atoms with van der Waals surface area (Å²) in [5.74, 6) is -1.04. The van der Waals surface area contributed by atoms with Crippen LogP contribution in [0.4, 0.5) is 4.39 Å². The van der Waals surface area contributed by atoms with Gasteiger partial charge in [0.15, 0.2) is 11.9 Å². The van der Waals surface area contributed by atoms with Crippen molar-refractivity contribution in [3.8, 4) is 11.6 Å². The molecule has 9 heteroatoms. The highest BCUT2D eigenvalue weighted by Crippen LogP contribution is 2.35. The van der Waals surface area contributed by atoms with Gasteiger partial charge in [-0.05, 0) is 12.5 Å². The Labute approximate surface area is 147 Å². The highest BCUT2D eigenvalue weighted by molar-refractivity contribution is 7.17. The third-order valence-corrected chi connectivity index (χ3v) is 5.20. The molecule has 3 N–H and O–H groups in total. The number of aromatic nitrogens is 1. The average molecular weight is 367 g/mol. The number of nitrogens with zero attached hydrogens (tertiary/aromatic N) is 1. The van der Waals surface area contributed by atoms with Crippen LogP contribution in [0.25, 0.3) is 10.2 Å². The Kier molecular flexibility index (Phi) is 4.76. The van der Waals surface area contributed by atoms with Crippen LogP contribution in [0.5, 0.6) is 11.6 Å². The Balaban J connectivity index is 1.83. The van der Waals surface area contributed by atoms with E-state index in [4.69, 9.17) is 15.2 Å². The molecule has 134 valence electrons. The lowest BCUT2D eigenvalue weighted by Crippen LogP contribution is -2.34. The molecule has 1 saturated heterocycles. The SMILES string of the molecule is CCC1C(COc2csc3cc(C(N)=O)c(OC)nc23)NC(=O)C1F. The van der Waals surface area contributed by atoms with Crippen molar-refractivity contribution in [1.29, 1.82) is 0 Å². The number of hydrogen-bond donors (Lipinski definition) is 2. The summed E-state index contributed by atoms with van der Waals surface area (Å²) in [4.78, 5) is 27.3. The maximum atomic E-state index is 13.8. The van der Waals surface area contributed by atoms with E-state index in [0.29, 0.717) is 17.7 Å². The van der Waals surface area contributed by atoms with Gasteiger partial charge in [-0.1, -0.05) is 6.92 Å². The van der Waals surface area contributed by atoms with Gasteiger partial charge >= 0.3 is 0 Å². The van der Waals surface area contributed by atoms with Gasteiger partial charge in [-0.15, -0.1) is 11.3 Å². The summed E-state index contributed by atoms with van der Waals surface area (Å²) < 4.78 is 25.4. The topological polar surface area (TPSA) is 104 Å². The summed E-state index contributed by atoms with van der Waals surface area (Å²) >= 11 is 1.34. The van der Waals surface area contributed by atoms with E-state index in [1.54, 1.807) is 11.4 Å². The number of carbonyl (C=O) groups excluding carboxylic acids is 2. The fraction of sp³-hybridized carbons (Fsp3) is 0.438. The molecule has 0 aliphatic carbocycles. The summed E-state index contributed by atoms with van der Waals surface area (Å²) in [6.45, 7) is 1.97. The summed E-state index contributed by atoms with van der Waals surface area (Å²) in [5, 5.41) is 4.36. The van der Waals surface area contributed by atoms with Crippen LogP contribution in [0.1, 0.15) is 23.7 Å². The van der Waals surface area contributed by atoms with Crippen LogP contribution in [-0.2, 0) is 4.79 Å². The number of methoxy groups -OCH3 is 1. The van der Waals surface area contributed by atoms with Gasteiger partial charge in [0, 0.05) is 11.3 Å². The molecule has 0 spiro atoms. The zero-order valence-corrected chi connectivity index (χ0v) is 14.6. The Morgan fingerprint density at radius 1 is 1.52 bits per heavy atom. The molecular formula is C16H18FN3O4S. The molecule has 3 heterocycles. The van der Waals surface area contributed by atoms with E-state index in [2.05, 4.69) is 10.3 Å². The molecule has 25 heavy (non-hydrogen) atoms. The molecule has 2 aromatic heterocycles. The highest BCUT2D eigenvalue weighted by Gasteiger charge is 2.41. The lowest BCUT2D eigenvalue weighted by Gasteiger charge is -2.18. The molecule has 3 unspecified atom stereocenters. The number of pyridine rings is 1. The minimum absolute atomic E-state index is 0.118. The maximum absolute atomic E-state index is 13.8. The van der Waals surface area contributed by atoms with Crippen molar-refractivity contribution in [3.63, 3.8) is 0 Å². The molecule has 0 bridgehead atoms. The minimum Gasteiger partial charge on any atom is -0.488 e. The molecule has 0 aromatic carbocycles. The Bertz CT molecular complexity index is 825. The second-order valence-electron chi connectivity index (χ2n) is 5.76. The van der Waals surface area contributed by atoms with Crippen LogP contribution >= 0.6 is 11.3 Å². The predicted molar refractivity (Wildman–Crippen MR) is 90.8 cm³/mol. The van der Waals surface area contributed by atoms with Crippen LogP contribution in [0.2, 0.25) is 0 Å². The summed E-state index contributed by atoms with van der Waals surface area (Å²) in [7, 11) is 1.40. The number of halogens is 1. The Morgan fingerprint density at radius 3 is 2.92 bits per heavy atom. The van der Waals surface area contributed by atoms with Crippen LogP contribution in [0.3, 0.4) is 0 Å². The monoisotopic (exact) mass is 367 g/mol. The van der Waals surface area contributed by atoms with Gasteiger partial charge < -0.3 is 20.5 Å². The van der Waals surface area contributed by atoms with E-state index >= 15 is 0 Å². The van der Waals surface area contributed by atoms with Crippen molar-refractivity contribution < 1.29 is 23.5 Å². The second kappa shape index (κ2) is 6.83. The number of primary amides is 1. The van der Waals surface area contributed by atoms with Crippen molar-refractivity contribution >= 4 is 33.4 Å². The van der Waals surface area contributed by atoms with E-state index in [0.717, 1.165) is 4.70 Å². The number of fused-ring (bicyclic) bond motifs is 1. The van der Waals surface area contributed by atoms with Gasteiger partial charge in [-0.3, -0.25) is 9.59 Å². The Hall–Kier alpha value is -2.42. The number of nitrogens with one attached hydrogen (secondary N) is 1. The molecule has 1 fully saturated rings. The average Bonchev–Trinajstić information content (AvgIpc) is 3.12. The lowest BCUT2D eigenvalue weighted by atomic mass is 9.97. The van der Waals surface area contributed by atoms with Crippen molar-refractivity contribution in [2.75, 3.05) is 13.7 Å². The van der Waals surface area contributed by atoms with Crippen molar-refractivity contribution in [1.82, 2.24) is 10.3 Å². The standard InChI is InChI=1S/C16H18FN3O4S/c1-3-7-9(19-15(22)12(7)17)5-24-10-6-25-11-4-8(14(18)21)16(23-2)20-13(10)11/h4,6-7,9,12H,3,5H2,1-2H3,(H2,18,21)(H,19,22). The van der Waals surface area contributed by atoms with Gasteiger partial charge in [-0.2, -0.15) is 0 Å². The summed E-state index contributed by atoms with van der Waals surface area (Å²) in [5.41, 5.74) is 6.05. The van der Waals surface area contributed by atoms with E-state index in [-0.39, 0.29) is 18.1 Å². The van der Waals surface area contributed by atoms with E-state index in [9.17, 15) is 14.0 Å². The largest absolute Gasteiger partial charge is 0.488 e. The fourth-order valence-electron chi connectivity index (χ4n) is 2.96. The lowest BCUT2D eigenvalue weighted by molar-refractivity contribution is -0.123. The Morgan fingerprint density at radius 2 is 2.28 bits per heavy atom. The quantitative estimate of drug-likeness (QED) is 0.808. The number of alkyl halides is 1. The third kappa shape index (κ3) is 3.11. The van der Waals surface area contributed by atoms with Gasteiger partial charge in [0.1, 0.15) is 17.7 Å². The molecule has 1 aliphatic rings. The molecular weight excluding hydrogens is 349 g/mol. The number of ether oxygens (including phenoxy) is 2. The fourth-order valence-corrected chi connectivity index (χ4v) is 3.81. The summed E-state index contributed by atoms with van der Waals surface area (Å²) in [6.07, 6.45) is -0.971. The predicted octanol–water partition coefficient (Wildman–Crippen LogP) is 1.65. The van der Waals surface area contributed by atoms with Crippen molar-refractivity contribution in [2.24, 2.45) is 11.7 Å². The zero-order valence-electron chi connectivity index (χ0n) is 13.7. The van der Waals surface area contributed by atoms with E-state index in [1.807, 2.05) is 6.92 Å². The number of carbonyl (C=O) groups is 2. The van der Waals surface area contributed by atoms with Crippen molar-refractivity contribution in [3.05, 3.63) is 17.0 Å². The first-order valence-corrected chi connectivity index (χ1v) is 8.67. The molecule has 7 nitrogen and oxygen atoms in total. The van der Waals surface area contributed by atoms with Crippen LogP contribution in [0.15, 0.2) is 11.4 Å². The maximum Gasteiger partial charge on any atom is 0.255 e. The number of thiophene rings is 1. The van der Waals surface area contributed by atoms with Crippen molar-refractivity contribution in [2.45, 2.75) is 25.6 Å². The molecule has 3 atom stereocenters. The molecule has 3 rings (SSSR count). The zero-order chi connectivity index (χ0) is 18.1. The van der Waals surface area contributed by atoms with E-state index in [1.165, 1.54) is 18.4 Å². The molecule has 1 aliphatic heterocycles. The van der Waals surface area contributed by atoms with E-state index < -0.39 is 29.9 Å². The number of amides is 2. The number of hydrogen-bond acceptors (Lipinski definition) is 6. The minimum atomic E-state index is -1.51. The van der Waals surface area contributed by atoms with Crippen LogP contribution in [-0.4, -0.2) is 42.7 Å².